The van der Waals surface area contributed by atoms with Gasteiger partial charge in [0.2, 0.25) is 5.95 Å². The first kappa shape index (κ1) is 16.6. The molecule has 0 spiro atoms. The minimum absolute atomic E-state index is 0.212. The highest BCUT2D eigenvalue weighted by atomic mass is 19.1. The van der Waals surface area contributed by atoms with Crippen LogP contribution in [0.1, 0.15) is 24.1 Å². The van der Waals surface area contributed by atoms with E-state index in [1.54, 1.807) is 12.1 Å². The summed E-state index contributed by atoms with van der Waals surface area (Å²) in [6.45, 7) is 4.27. The van der Waals surface area contributed by atoms with Gasteiger partial charge in [-0.05, 0) is 43.9 Å². The normalized spacial score (nSPS) is 17.0. The first-order valence-corrected chi connectivity index (χ1v) is 8.38. The Morgan fingerprint density at radius 1 is 1.21 bits per heavy atom. The van der Waals surface area contributed by atoms with Crippen molar-refractivity contribution in [2.75, 3.05) is 30.3 Å². The van der Waals surface area contributed by atoms with E-state index in [0.717, 1.165) is 49.5 Å². The topological polar surface area (TPSA) is 59.1 Å². The Morgan fingerprint density at radius 2 is 2.04 bits per heavy atom. The monoisotopic (exact) mass is 330 g/mol. The Morgan fingerprint density at radius 3 is 2.79 bits per heavy atom. The molecule has 2 N–H and O–H groups in total. The van der Waals surface area contributed by atoms with E-state index in [0.29, 0.717) is 12.5 Å². The lowest BCUT2D eigenvalue weighted by Crippen LogP contribution is -2.19. The molecule has 6 heteroatoms. The van der Waals surface area contributed by atoms with Crippen LogP contribution < -0.4 is 10.6 Å². The standard InChI is InChI=1S/C18H23FN4O/c1-13-11-17(21-12-16-3-2-10-24-16)23-18(22-13)20-9-8-14-4-6-15(19)7-5-14/h4-7,11,16H,2-3,8-10,12H2,1H3,(H2,20,21,22,23). The van der Waals surface area contributed by atoms with E-state index in [4.69, 9.17) is 4.74 Å². The first-order valence-electron chi connectivity index (χ1n) is 8.38. The molecule has 1 aromatic heterocycles. The van der Waals surface area contributed by atoms with E-state index in [-0.39, 0.29) is 11.9 Å². The maximum Gasteiger partial charge on any atom is 0.224 e. The molecule has 1 atom stereocenters. The summed E-state index contributed by atoms with van der Waals surface area (Å²) >= 11 is 0. The minimum Gasteiger partial charge on any atom is -0.376 e. The van der Waals surface area contributed by atoms with Gasteiger partial charge in [0.15, 0.2) is 0 Å². The Hall–Kier alpha value is -2.21. The van der Waals surface area contributed by atoms with Crippen LogP contribution in [-0.2, 0) is 11.2 Å². The third kappa shape index (κ3) is 4.89. The molecule has 3 rings (SSSR count). The molecule has 2 aromatic rings. The van der Waals surface area contributed by atoms with Gasteiger partial charge in [0.25, 0.3) is 0 Å². The number of benzene rings is 1. The summed E-state index contributed by atoms with van der Waals surface area (Å²) in [6, 6.07) is 8.47. The number of hydrogen-bond acceptors (Lipinski definition) is 5. The van der Waals surface area contributed by atoms with Crippen molar-refractivity contribution in [1.29, 1.82) is 0 Å². The van der Waals surface area contributed by atoms with Crippen LogP contribution in [0.3, 0.4) is 0 Å². The lowest BCUT2D eigenvalue weighted by atomic mass is 10.1. The van der Waals surface area contributed by atoms with E-state index in [1.165, 1.54) is 12.1 Å². The minimum atomic E-state index is -0.212. The molecule has 0 saturated carbocycles. The molecule has 128 valence electrons. The van der Waals surface area contributed by atoms with E-state index in [2.05, 4.69) is 20.6 Å². The fourth-order valence-electron chi connectivity index (χ4n) is 2.73. The average molecular weight is 330 g/mol. The van der Waals surface area contributed by atoms with Gasteiger partial charge in [0.1, 0.15) is 11.6 Å². The molecule has 0 aliphatic carbocycles. The van der Waals surface area contributed by atoms with Gasteiger partial charge in [-0.15, -0.1) is 0 Å². The van der Waals surface area contributed by atoms with Crippen molar-refractivity contribution >= 4 is 11.8 Å². The Balaban J connectivity index is 1.51. The maximum absolute atomic E-state index is 12.9. The van der Waals surface area contributed by atoms with Crippen LogP contribution in [0.15, 0.2) is 30.3 Å². The molecular weight excluding hydrogens is 307 g/mol. The number of halogens is 1. The van der Waals surface area contributed by atoms with Crippen molar-refractivity contribution in [2.45, 2.75) is 32.3 Å². The predicted octanol–water partition coefficient (Wildman–Crippen LogP) is 3.17. The van der Waals surface area contributed by atoms with Crippen molar-refractivity contribution in [1.82, 2.24) is 9.97 Å². The second-order valence-electron chi connectivity index (χ2n) is 6.04. The summed E-state index contributed by atoms with van der Waals surface area (Å²) in [6.07, 6.45) is 3.29. The van der Waals surface area contributed by atoms with E-state index >= 15 is 0 Å². The number of nitrogens with one attached hydrogen (secondary N) is 2. The Labute approximate surface area is 141 Å². The Bertz CT molecular complexity index is 657. The van der Waals surface area contributed by atoms with Crippen molar-refractivity contribution in [2.24, 2.45) is 0 Å². The van der Waals surface area contributed by atoms with Crippen LogP contribution in [-0.4, -0.2) is 35.8 Å². The number of anilines is 2. The lowest BCUT2D eigenvalue weighted by molar-refractivity contribution is 0.120. The van der Waals surface area contributed by atoms with Gasteiger partial charge < -0.3 is 15.4 Å². The van der Waals surface area contributed by atoms with E-state index < -0.39 is 0 Å². The second kappa shape index (κ2) is 8.06. The van der Waals surface area contributed by atoms with Gasteiger partial charge in [-0.3, -0.25) is 0 Å². The molecule has 0 amide bonds. The SMILES string of the molecule is Cc1cc(NCC2CCCO2)nc(NCCc2ccc(F)cc2)n1. The van der Waals surface area contributed by atoms with Crippen LogP contribution in [0.5, 0.6) is 0 Å². The fraction of sp³-hybridized carbons (Fsp3) is 0.444. The number of aryl methyl sites for hydroxylation is 1. The molecule has 0 radical (unpaired) electrons. The van der Waals surface area contributed by atoms with E-state index in [9.17, 15) is 4.39 Å². The smallest absolute Gasteiger partial charge is 0.224 e. The van der Waals surface area contributed by atoms with Gasteiger partial charge in [0.05, 0.1) is 6.10 Å². The highest BCUT2D eigenvalue weighted by molar-refractivity contribution is 5.42. The predicted molar refractivity (Wildman–Crippen MR) is 92.8 cm³/mol. The zero-order chi connectivity index (χ0) is 16.8. The fourth-order valence-corrected chi connectivity index (χ4v) is 2.73. The van der Waals surface area contributed by atoms with Crippen molar-refractivity contribution < 1.29 is 9.13 Å². The molecule has 5 nitrogen and oxygen atoms in total. The average Bonchev–Trinajstić information content (AvgIpc) is 3.08. The zero-order valence-corrected chi connectivity index (χ0v) is 13.9. The van der Waals surface area contributed by atoms with Crippen molar-refractivity contribution in [3.8, 4) is 0 Å². The van der Waals surface area contributed by atoms with Crippen molar-refractivity contribution in [3.63, 3.8) is 0 Å². The summed E-state index contributed by atoms with van der Waals surface area (Å²) < 4.78 is 18.5. The molecule has 1 fully saturated rings. The summed E-state index contributed by atoms with van der Waals surface area (Å²) in [5, 5.41) is 6.55. The van der Waals surface area contributed by atoms with Gasteiger partial charge in [-0.1, -0.05) is 12.1 Å². The summed E-state index contributed by atoms with van der Waals surface area (Å²) in [5.74, 6) is 1.20. The molecular formula is C18H23FN4O. The largest absolute Gasteiger partial charge is 0.376 e. The molecule has 1 aliphatic heterocycles. The quantitative estimate of drug-likeness (QED) is 0.816. The van der Waals surface area contributed by atoms with Gasteiger partial charge >= 0.3 is 0 Å². The molecule has 1 aromatic carbocycles. The number of rotatable bonds is 7. The molecule has 1 unspecified atom stereocenters. The third-order valence-electron chi connectivity index (χ3n) is 4.00. The van der Waals surface area contributed by atoms with Crippen molar-refractivity contribution in [3.05, 3.63) is 47.4 Å². The summed E-state index contributed by atoms with van der Waals surface area (Å²) in [7, 11) is 0. The van der Waals surface area contributed by atoms with Gasteiger partial charge in [0, 0.05) is 31.5 Å². The van der Waals surface area contributed by atoms with E-state index in [1.807, 2.05) is 13.0 Å². The van der Waals surface area contributed by atoms with Crippen LogP contribution in [0.4, 0.5) is 16.2 Å². The molecule has 1 aliphatic rings. The van der Waals surface area contributed by atoms with Crippen LogP contribution in [0.2, 0.25) is 0 Å². The first-order chi connectivity index (χ1) is 11.7. The molecule has 24 heavy (non-hydrogen) atoms. The number of ether oxygens (including phenoxy) is 1. The zero-order valence-electron chi connectivity index (χ0n) is 13.9. The lowest BCUT2D eigenvalue weighted by Gasteiger charge is -2.13. The molecule has 0 bridgehead atoms. The van der Waals surface area contributed by atoms with Gasteiger partial charge in [-0.2, -0.15) is 4.98 Å². The highest BCUT2D eigenvalue weighted by Crippen LogP contribution is 2.14. The van der Waals surface area contributed by atoms with Gasteiger partial charge in [-0.25, -0.2) is 9.37 Å². The van der Waals surface area contributed by atoms with Crippen LogP contribution in [0.25, 0.3) is 0 Å². The third-order valence-corrected chi connectivity index (χ3v) is 4.00. The number of hydrogen-bond donors (Lipinski definition) is 2. The molecule has 1 saturated heterocycles. The number of nitrogens with zero attached hydrogens (tertiary/aromatic N) is 2. The summed E-state index contributed by atoms with van der Waals surface area (Å²) in [5.41, 5.74) is 1.98. The molecule has 2 heterocycles. The number of aromatic nitrogens is 2. The van der Waals surface area contributed by atoms with Crippen LogP contribution >= 0.6 is 0 Å². The highest BCUT2D eigenvalue weighted by Gasteiger charge is 2.15. The Kier molecular flexibility index (Phi) is 5.59. The second-order valence-corrected chi connectivity index (χ2v) is 6.04. The maximum atomic E-state index is 12.9. The summed E-state index contributed by atoms with van der Waals surface area (Å²) in [4.78, 5) is 8.90. The van der Waals surface area contributed by atoms with Crippen LogP contribution in [0, 0.1) is 12.7 Å².